The van der Waals surface area contributed by atoms with Gasteiger partial charge in [-0.05, 0) is 24.0 Å². The number of benzene rings is 2. The van der Waals surface area contributed by atoms with E-state index in [-0.39, 0.29) is 12.5 Å². The van der Waals surface area contributed by atoms with Crippen LogP contribution in [-0.2, 0) is 25.7 Å². The number of nitrogens with zero attached hydrogens (tertiary/aromatic N) is 1. The summed E-state index contributed by atoms with van der Waals surface area (Å²) in [4.78, 5) is 39.2. The SMILES string of the molecule is COC(=O)N[C@@H](C(=O)N1CCCC1C(=O)OCc1ccccc1)c1ccccc1. The Balaban J connectivity index is 1.72. The summed E-state index contributed by atoms with van der Waals surface area (Å²) in [5.41, 5.74) is 1.50. The predicted octanol–water partition coefficient (Wildman–Crippen LogP) is 2.82. The van der Waals surface area contributed by atoms with Gasteiger partial charge < -0.3 is 19.7 Å². The molecule has 1 fully saturated rings. The molecule has 1 heterocycles. The van der Waals surface area contributed by atoms with Gasteiger partial charge >= 0.3 is 12.1 Å². The van der Waals surface area contributed by atoms with Crippen LogP contribution in [0.15, 0.2) is 60.7 Å². The van der Waals surface area contributed by atoms with Crippen molar-refractivity contribution < 1.29 is 23.9 Å². The Labute approximate surface area is 169 Å². The zero-order valence-electron chi connectivity index (χ0n) is 16.2. The smallest absolute Gasteiger partial charge is 0.407 e. The van der Waals surface area contributed by atoms with E-state index in [1.807, 2.05) is 36.4 Å². The van der Waals surface area contributed by atoms with Crippen LogP contribution in [-0.4, -0.2) is 42.6 Å². The van der Waals surface area contributed by atoms with Crippen LogP contribution >= 0.6 is 0 Å². The summed E-state index contributed by atoms with van der Waals surface area (Å²) in [6.45, 7) is 0.580. The van der Waals surface area contributed by atoms with Crippen LogP contribution in [0.2, 0.25) is 0 Å². The molecule has 0 spiro atoms. The van der Waals surface area contributed by atoms with Crippen LogP contribution in [0.3, 0.4) is 0 Å². The summed E-state index contributed by atoms with van der Waals surface area (Å²) in [5.74, 6) is -0.801. The second-order valence-corrected chi connectivity index (χ2v) is 6.76. The van der Waals surface area contributed by atoms with Crippen molar-refractivity contribution in [2.45, 2.75) is 31.5 Å². The molecule has 0 bridgehead atoms. The van der Waals surface area contributed by atoms with E-state index in [2.05, 4.69) is 10.1 Å². The second-order valence-electron chi connectivity index (χ2n) is 6.76. The molecule has 7 heteroatoms. The maximum Gasteiger partial charge on any atom is 0.407 e. The van der Waals surface area contributed by atoms with Gasteiger partial charge in [0.05, 0.1) is 7.11 Å². The molecule has 29 heavy (non-hydrogen) atoms. The number of hydrogen-bond acceptors (Lipinski definition) is 5. The van der Waals surface area contributed by atoms with Crippen molar-refractivity contribution in [3.8, 4) is 0 Å². The highest BCUT2D eigenvalue weighted by atomic mass is 16.5. The van der Waals surface area contributed by atoms with Gasteiger partial charge in [-0.25, -0.2) is 9.59 Å². The number of carbonyl (C=O) groups excluding carboxylic acids is 3. The average molecular weight is 396 g/mol. The normalized spacial score (nSPS) is 16.7. The van der Waals surface area contributed by atoms with Gasteiger partial charge in [0, 0.05) is 6.54 Å². The number of amides is 2. The summed E-state index contributed by atoms with van der Waals surface area (Å²) < 4.78 is 10.1. The lowest BCUT2D eigenvalue weighted by atomic mass is 10.1. The Hall–Kier alpha value is -3.35. The van der Waals surface area contributed by atoms with Crippen molar-refractivity contribution >= 4 is 18.0 Å². The Morgan fingerprint density at radius 1 is 1.07 bits per heavy atom. The largest absolute Gasteiger partial charge is 0.459 e. The van der Waals surface area contributed by atoms with Crippen molar-refractivity contribution in [1.29, 1.82) is 0 Å². The quantitative estimate of drug-likeness (QED) is 0.759. The fourth-order valence-electron chi connectivity index (χ4n) is 3.38. The van der Waals surface area contributed by atoms with Crippen molar-refractivity contribution in [2.75, 3.05) is 13.7 Å². The van der Waals surface area contributed by atoms with Crippen molar-refractivity contribution in [1.82, 2.24) is 10.2 Å². The number of esters is 1. The predicted molar refractivity (Wildman–Crippen MR) is 106 cm³/mol. The highest BCUT2D eigenvalue weighted by molar-refractivity contribution is 5.91. The maximum absolute atomic E-state index is 13.2. The minimum absolute atomic E-state index is 0.154. The fourth-order valence-corrected chi connectivity index (χ4v) is 3.38. The van der Waals surface area contributed by atoms with Gasteiger partial charge in [0.15, 0.2) is 0 Å². The molecule has 1 unspecified atom stereocenters. The van der Waals surface area contributed by atoms with E-state index in [4.69, 9.17) is 4.74 Å². The number of carbonyl (C=O) groups is 3. The first-order chi connectivity index (χ1) is 14.1. The lowest BCUT2D eigenvalue weighted by Crippen LogP contribution is -2.47. The first kappa shape index (κ1) is 20.4. The molecular weight excluding hydrogens is 372 g/mol. The molecule has 1 saturated heterocycles. The van der Waals surface area contributed by atoms with Gasteiger partial charge in [0.2, 0.25) is 0 Å². The molecule has 0 saturated carbocycles. The van der Waals surface area contributed by atoms with Gasteiger partial charge in [-0.2, -0.15) is 0 Å². The summed E-state index contributed by atoms with van der Waals surface area (Å²) in [7, 11) is 1.24. The first-order valence-electron chi connectivity index (χ1n) is 9.50. The van der Waals surface area contributed by atoms with Crippen molar-refractivity contribution in [3.63, 3.8) is 0 Å². The first-order valence-corrected chi connectivity index (χ1v) is 9.50. The van der Waals surface area contributed by atoms with E-state index in [9.17, 15) is 14.4 Å². The summed E-state index contributed by atoms with van der Waals surface area (Å²) >= 11 is 0. The number of methoxy groups -OCH3 is 1. The van der Waals surface area contributed by atoms with Crippen LogP contribution in [0.5, 0.6) is 0 Å². The number of hydrogen-bond donors (Lipinski definition) is 1. The number of nitrogens with one attached hydrogen (secondary N) is 1. The van der Waals surface area contributed by atoms with Crippen LogP contribution in [0.4, 0.5) is 4.79 Å². The highest BCUT2D eigenvalue weighted by Gasteiger charge is 2.39. The highest BCUT2D eigenvalue weighted by Crippen LogP contribution is 2.25. The molecule has 3 rings (SSSR count). The van der Waals surface area contributed by atoms with Crippen LogP contribution < -0.4 is 5.32 Å². The average Bonchev–Trinajstić information content (AvgIpc) is 3.26. The zero-order valence-corrected chi connectivity index (χ0v) is 16.2. The van der Waals surface area contributed by atoms with E-state index in [0.717, 1.165) is 5.56 Å². The molecule has 2 amide bonds. The topological polar surface area (TPSA) is 84.9 Å². The number of ether oxygens (including phenoxy) is 2. The molecule has 1 aliphatic heterocycles. The molecule has 7 nitrogen and oxygen atoms in total. The third-order valence-corrected chi connectivity index (χ3v) is 4.86. The lowest BCUT2D eigenvalue weighted by molar-refractivity contribution is -0.155. The van der Waals surface area contributed by atoms with Gasteiger partial charge in [-0.1, -0.05) is 60.7 Å². The van der Waals surface area contributed by atoms with Crippen molar-refractivity contribution in [2.24, 2.45) is 0 Å². The molecule has 2 aromatic rings. The van der Waals surface area contributed by atoms with E-state index in [1.54, 1.807) is 24.3 Å². The fraction of sp³-hybridized carbons (Fsp3) is 0.318. The van der Waals surface area contributed by atoms with Gasteiger partial charge in [0.1, 0.15) is 18.7 Å². The third kappa shape index (κ3) is 5.13. The Kier molecular flexibility index (Phi) is 6.84. The summed E-state index contributed by atoms with van der Waals surface area (Å²) in [6, 6.07) is 16.7. The second kappa shape index (κ2) is 9.73. The van der Waals surface area contributed by atoms with E-state index < -0.39 is 24.1 Å². The van der Waals surface area contributed by atoms with E-state index in [1.165, 1.54) is 12.0 Å². The van der Waals surface area contributed by atoms with Gasteiger partial charge in [0.25, 0.3) is 5.91 Å². The summed E-state index contributed by atoms with van der Waals surface area (Å²) in [5, 5.41) is 2.57. The zero-order chi connectivity index (χ0) is 20.6. The van der Waals surface area contributed by atoms with Crippen LogP contribution in [0.25, 0.3) is 0 Å². The molecule has 2 aromatic carbocycles. The minimum Gasteiger partial charge on any atom is -0.459 e. The van der Waals surface area contributed by atoms with E-state index >= 15 is 0 Å². The summed E-state index contributed by atoms with van der Waals surface area (Å²) in [6.07, 6.45) is 0.505. The van der Waals surface area contributed by atoms with Gasteiger partial charge in [-0.15, -0.1) is 0 Å². The molecular formula is C22H24N2O5. The van der Waals surface area contributed by atoms with E-state index in [0.29, 0.717) is 24.9 Å². The Morgan fingerprint density at radius 3 is 2.38 bits per heavy atom. The standard InChI is InChI=1S/C22H24N2O5/c1-28-22(27)23-19(17-11-6-3-7-12-17)20(25)24-14-8-13-18(24)21(26)29-15-16-9-4-2-5-10-16/h2-7,9-12,18-19H,8,13-15H2,1H3,(H,23,27)/t18?,19-/m1/s1. The number of rotatable bonds is 6. The Morgan fingerprint density at radius 2 is 1.72 bits per heavy atom. The molecule has 1 N–H and O–H groups in total. The molecule has 1 aliphatic rings. The van der Waals surface area contributed by atoms with Crippen LogP contribution in [0, 0.1) is 0 Å². The lowest BCUT2D eigenvalue weighted by Gasteiger charge is -2.28. The maximum atomic E-state index is 13.2. The molecule has 0 radical (unpaired) electrons. The van der Waals surface area contributed by atoms with Gasteiger partial charge in [-0.3, -0.25) is 4.79 Å². The minimum atomic E-state index is -0.939. The molecule has 2 atom stereocenters. The van der Waals surface area contributed by atoms with Crippen molar-refractivity contribution in [3.05, 3.63) is 71.8 Å². The molecule has 0 aliphatic carbocycles. The Bertz CT molecular complexity index is 841. The third-order valence-electron chi connectivity index (χ3n) is 4.86. The number of alkyl carbamates (subject to hydrolysis) is 1. The van der Waals surface area contributed by atoms with Crippen LogP contribution in [0.1, 0.15) is 30.0 Å². The number of likely N-dealkylation sites (tertiary alicyclic amines) is 1. The molecule has 0 aromatic heterocycles. The molecule has 152 valence electrons. The monoisotopic (exact) mass is 396 g/mol.